The Hall–Kier alpha value is -2.31. The molecule has 0 spiro atoms. The van der Waals surface area contributed by atoms with E-state index in [1.54, 1.807) is 17.4 Å². The van der Waals surface area contributed by atoms with Crippen molar-refractivity contribution in [3.63, 3.8) is 0 Å². The fraction of sp³-hybridized carbons (Fsp3) is 0.0588. The van der Waals surface area contributed by atoms with Crippen LogP contribution >= 0.6 is 23.1 Å². The zero-order valence-corrected chi connectivity index (χ0v) is 13.6. The van der Waals surface area contributed by atoms with Crippen LogP contribution in [0, 0.1) is 0 Å². The maximum absolute atomic E-state index is 11.7. The molecule has 23 heavy (non-hydrogen) atoms. The van der Waals surface area contributed by atoms with Crippen molar-refractivity contribution in [1.29, 1.82) is 0 Å². The molecule has 114 valence electrons. The Labute approximate surface area is 140 Å². The predicted molar refractivity (Wildman–Crippen MR) is 94.5 cm³/mol. The Kier molecular flexibility index (Phi) is 3.55. The van der Waals surface area contributed by atoms with E-state index in [1.807, 2.05) is 12.1 Å². The van der Waals surface area contributed by atoms with Crippen LogP contribution in [0.3, 0.4) is 0 Å². The number of nitrogens with zero attached hydrogens (tertiary/aromatic N) is 1. The Morgan fingerprint density at radius 2 is 2.04 bits per heavy atom. The highest BCUT2D eigenvalue weighted by Crippen LogP contribution is 2.29. The van der Waals surface area contributed by atoms with Gasteiger partial charge in [-0.25, -0.2) is 0 Å². The minimum Gasteiger partial charge on any atom is -0.342 e. The van der Waals surface area contributed by atoms with E-state index in [-0.39, 0.29) is 11.1 Å². The van der Waals surface area contributed by atoms with Crippen LogP contribution in [0.5, 0.6) is 0 Å². The third kappa shape index (κ3) is 2.71. The quantitative estimate of drug-likeness (QED) is 0.731. The van der Waals surface area contributed by atoms with E-state index in [1.165, 1.54) is 4.88 Å². The molecule has 0 atom stereocenters. The summed E-state index contributed by atoms with van der Waals surface area (Å²) in [6.07, 6.45) is 3.84. The number of imide groups is 1. The van der Waals surface area contributed by atoms with Crippen molar-refractivity contribution in [3.05, 3.63) is 63.3 Å². The van der Waals surface area contributed by atoms with Gasteiger partial charge in [-0.15, -0.1) is 11.3 Å². The van der Waals surface area contributed by atoms with Gasteiger partial charge in [0.05, 0.1) is 11.4 Å². The fourth-order valence-electron chi connectivity index (χ4n) is 2.64. The first-order valence-corrected chi connectivity index (χ1v) is 8.75. The van der Waals surface area contributed by atoms with Crippen molar-refractivity contribution >= 4 is 51.2 Å². The fourth-order valence-corrected chi connectivity index (χ4v) is 4.02. The molecule has 1 N–H and O–H groups in total. The van der Waals surface area contributed by atoms with Gasteiger partial charge in [-0.3, -0.25) is 14.9 Å². The molecule has 4 nitrogen and oxygen atoms in total. The maximum atomic E-state index is 11.7. The molecular formula is C17H12N2O2S2. The largest absolute Gasteiger partial charge is 0.342 e. The van der Waals surface area contributed by atoms with Gasteiger partial charge < -0.3 is 4.57 Å². The van der Waals surface area contributed by atoms with Crippen LogP contribution in [0.2, 0.25) is 0 Å². The first kappa shape index (κ1) is 14.3. The number of benzene rings is 1. The highest BCUT2D eigenvalue weighted by molar-refractivity contribution is 8.18. The first-order valence-electron chi connectivity index (χ1n) is 7.06. The molecule has 0 unspecified atom stereocenters. The number of carbonyl (C=O) groups excluding carboxylic acids is 2. The average Bonchev–Trinajstić information content (AvgIpc) is 3.23. The highest BCUT2D eigenvalue weighted by Gasteiger charge is 2.25. The summed E-state index contributed by atoms with van der Waals surface area (Å²) in [5.41, 5.74) is 2.06. The Morgan fingerprint density at radius 3 is 2.78 bits per heavy atom. The molecule has 1 fully saturated rings. The lowest BCUT2D eigenvalue weighted by Gasteiger charge is -2.04. The third-order valence-corrected chi connectivity index (χ3v) is 5.35. The second kappa shape index (κ2) is 5.72. The predicted octanol–water partition coefficient (Wildman–Crippen LogP) is 4.08. The second-order valence-corrected chi connectivity index (χ2v) is 7.20. The van der Waals surface area contributed by atoms with Crippen LogP contribution < -0.4 is 5.32 Å². The zero-order chi connectivity index (χ0) is 15.8. The van der Waals surface area contributed by atoms with E-state index in [4.69, 9.17) is 0 Å². The topological polar surface area (TPSA) is 51.1 Å². The summed E-state index contributed by atoms with van der Waals surface area (Å²) in [7, 11) is 0. The molecule has 0 bridgehead atoms. The number of amides is 2. The van der Waals surface area contributed by atoms with Crippen LogP contribution in [0.4, 0.5) is 4.79 Å². The molecular weight excluding hydrogens is 328 g/mol. The van der Waals surface area contributed by atoms with Crippen LogP contribution in [0.1, 0.15) is 10.4 Å². The summed E-state index contributed by atoms with van der Waals surface area (Å²) < 4.78 is 2.19. The molecule has 3 aromatic rings. The van der Waals surface area contributed by atoms with Gasteiger partial charge in [0, 0.05) is 22.0 Å². The first-order chi connectivity index (χ1) is 11.2. The molecule has 2 amide bonds. The van der Waals surface area contributed by atoms with Crippen molar-refractivity contribution in [1.82, 2.24) is 9.88 Å². The lowest BCUT2D eigenvalue weighted by Crippen LogP contribution is -2.17. The number of carbonyl (C=O) groups is 2. The zero-order valence-electron chi connectivity index (χ0n) is 12.0. The smallest absolute Gasteiger partial charge is 0.290 e. The molecule has 0 radical (unpaired) electrons. The number of thiophene rings is 1. The number of hydrogen-bond donors (Lipinski definition) is 1. The van der Waals surface area contributed by atoms with Gasteiger partial charge in [0.25, 0.3) is 11.1 Å². The van der Waals surface area contributed by atoms with E-state index in [0.29, 0.717) is 4.91 Å². The van der Waals surface area contributed by atoms with Crippen LogP contribution in [0.15, 0.2) is 52.9 Å². The number of aromatic nitrogens is 1. The monoisotopic (exact) mass is 340 g/mol. The number of thioether (sulfide) groups is 1. The van der Waals surface area contributed by atoms with Crippen LogP contribution in [0.25, 0.3) is 17.0 Å². The third-order valence-electron chi connectivity index (χ3n) is 3.68. The standard InChI is InChI=1S/C17H12N2O2S2/c20-16-15(23-17(21)18-16)9-11-3-1-5-14-13(11)6-7-19(14)10-12-4-2-8-22-12/h1-9H,10H2,(H,18,20,21). The van der Waals surface area contributed by atoms with Gasteiger partial charge in [-0.2, -0.15) is 0 Å². The Bertz CT molecular complexity index is 939. The summed E-state index contributed by atoms with van der Waals surface area (Å²) in [6.45, 7) is 0.828. The second-order valence-electron chi connectivity index (χ2n) is 5.16. The highest BCUT2D eigenvalue weighted by atomic mass is 32.2. The van der Waals surface area contributed by atoms with Gasteiger partial charge in [0.2, 0.25) is 0 Å². The van der Waals surface area contributed by atoms with Gasteiger partial charge in [-0.05, 0) is 47.0 Å². The molecule has 3 heterocycles. The lowest BCUT2D eigenvalue weighted by atomic mass is 10.1. The molecule has 2 aromatic heterocycles. The normalized spacial score (nSPS) is 16.4. The lowest BCUT2D eigenvalue weighted by molar-refractivity contribution is -0.115. The summed E-state index contributed by atoms with van der Waals surface area (Å²) in [6, 6.07) is 12.2. The van der Waals surface area contributed by atoms with Gasteiger partial charge in [0.15, 0.2) is 0 Å². The Balaban J connectivity index is 1.74. The molecule has 1 saturated heterocycles. The Morgan fingerprint density at radius 1 is 1.13 bits per heavy atom. The van der Waals surface area contributed by atoms with E-state index >= 15 is 0 Å². The molecule has 0 aliphatic carbocycles. The summed E-state index contributed by atoms with van der Waals surface area (Å²) in [5.74, 6) is -0.324. The summed E-state index contributed by atoms with van der Waals surface area (Å²) in [5, 5.41) is 5.11. The van der Waals surface area contributed by atoms with Crippen molar-refractivity contribution in [2.75, 3.05) is 0 Å². The van der Waals surface area contributed by atoms with Gasteiger partial charge >= 0.3 is 0 Å². The van der Waals surface area contributed by atoms with Crippen LogP contribution in [-0.4, -0.2) is 15.7 Å². The summed E-state index contributed by atoms with van der Waals surface area (Å²) >= 11 is 2.68. The number of hydrogen-bond acceptors (Lipinski definition) is 4. The average molecular weight is 340 g/mol. The molecule has 1 aliphatic rings. The molecule has 1 aliphatic heterocycles. The van der Waals surface area contributed by atoms with E-state index in [0.717, 1.165) is 34.8 Å². The van der Waals surface area contributed by atoms with Crippen molar-refractivity contribution in [2.45, 2.75) is 6.54 Å². The van der Waals surface area contributed by atoms with Crippen molar-refractivity contribution in [2.24, 2.45) is 0 Å². The van der Waals surface area contributed by atoms with Crippen LogP contribution in [-0.2, 0) is 11.3 Å². The van der Waals surface area contributed by atoms with Crippen molar-refractivity contribution in [3.8, 4) is 0 Å². The number of fused-ring (bicyclic) bond motifs is 1. The van der Waals surface area contributed by atoms with E-state index in [2.05, 4.69) is 45.7 Å². The van der Waals surface area contributed by atoms with Crippen molar-refractivity contribution < 1.29 is 9.59 Å². The van der Waals surface area contributed by atoms with Gasteiger partial charge in [-0.1, -0.05) is 18.2 Å². The molecule has 1 aromatic carbocycles. The van der Waals surface area contributed by atoms with Gasteiger partial charge in [0.1, 0.15) is 0 Å². The molecule has 0 saturated carbocycles. The molecule has 4 rings (SSSR count). The maximum Gasteiger partial charge on any atom is 0.290 e. The van der Waals surface area contributed by atoms with E-state index < -0.39 is 0 Å². The minimum atomic E-state index is -0.324. The SMILES string of the molecule is O=C1NC(=O)C(=Cc2cccc3c2ccn3Cc2cccs2)S1. The summed E-state index contributed by atoms with van der Waals surface area (Å²) in [4.78, 5) is 24.7. The number of rotatable bonds is 3. The number of nitrogens with one attached hydrogen (secondary N) is 1. The van der Waals surface area contributed by atoms with E-state index in [9.17, 15) is 9.59 Å². The minimum absolute atomic E-state index is 0.316. The molecule has 6 heteroatoms.